The van der Waals surface area contributed by atoms with E-state index in [1.165, 1.54) is 16.7 Å². The second-order valence-electron chi connectivity index (χ2n) is 6.39. The first kappa shape index (κ1) is 15.1. The molecule has 0 amide bonds. The third-order valence-electron chi connectivity index (χ3n) is 4.99. The predicted molar refractivity (Wildman–Crippen MR) is 93.9 cm³/mol. The molecule has 1 atom stereocenters. The van der Waals surface area contributed by atoms with E-state index in [9.17, 15) is 5.11 Å². The minimum absolute atomic E-state index is 0.122. The summed E-state index contributed by atoms with van der Waals surface area (Å²) in [5.74, 6) is 0. The monoisotopic (exact) mass is 319 g/mol. The van der Waals surface area contributed by atoms with Crippen molar-refractivity contribution in [3.8, 4) is 5.69 Å². The van der Waals surface area contributed by atoms with Crippen LogP contribution in [0, 0.1) is 0 Å². The molecule has 4 nitrogen and oxygen atoms in total. The Morgan fingerprint density at radius 3 is 2.71 bits per heavy atom. The lowest BCUT2D eigenvalue weighted by Gasteiger charge is -2.30. The molecule has 0 bridgehead atoms. The summed E-state index contributed by atoms with van der Waals surface area (Å²) >= 11 is 0. The number of rotatable bonds is 5. The van der Waals surface area contributed by atoms with Gasteiger partial charge < -0.3 is 15.0 Å². The Morgan fingerprint density at radius 1 is 1.12 bits per heavy atom. The van der Waals surface area contributed by atoms with E-state index in [1.807, 2.05) is 10.8 Å². The number of aliphatic hydroxyl groups excluding tert-OH is 1. The zero-order valence-corrected chi connectivity index (χ0v) is 13.5. The maximum atomic E-state index is 10.0. The van der Waals surface area contributed by atoms with Crippen molar-refractivity contribution in [1.29, 1.82) is 0 Å². The van der Waals surface area contributed by atoms with E-state index in [4.69, 9.17) is 0 Å². The number of aromatic nitrogens is 2. The van der Waals surface area contributed by atoms with Crippen LogP contribution in [0.25, 0.3) is 5.69 Å². The summed E-state index contributed by atoms with van der Waals surface area (Å²) in [5.41, 5.74) is 4.56. The molecule has 1 aliphatic rings. The first-order chi connectivity index (χ1) is 11.8. The Hall–Kier alpha value is -2.43. The van der Waals surface area contributed by atoms with Gasteiger partial charge in [0.05, 0.1) is 18.5 Å². The van der Waals surface area contributed by atoms with E-state index >= 15 is 0 Å². The maximum absolute atomic E-state index is 10.0. The Balaban J connectivity index is 1.50. The Labute approximate surface area is 141 Å². The zero-order chi connectivity index (χ0) is 16.4. The van der Waals surface area contributed by atoms with Crippen molar-refractivity contribution in [3.05, 3.63) is 83.9 Å². The minimum atomic E-state index is -0.320. The van der Waals surface area contributed by atoms with E-state index in [0.29, 0.717) is 0 Å². The zero-order valence-electron chi connectivity index (χ0n) is 13.5. The topological polar surface area (TPSA) is 50.1 Å². The molecular weight excluding hydrogens is 298 g/mol. The molecule has 2 N–H and O–H groups in total. The fraction of sp³-hybridized carbons (Fsp3) is 0.250. The van der Waals surface area contributed by atoms with Gasteiger partial charge in [-0.3, -0.25) is 0 Å². The first-order valence-electron chi connectivity index (χ1n) is 8.32. The smallest absolute Gasteiger partial charge is 0.0991 e. The number of nitrogens with zero attached hydrogens (tertiary/aromatic N) is 2. The van der Waals surface area contributed by atoms with Gasteiger partial charge in [-0.2, -0.15) is 0 Å². The van der Waals surface area contributed by atoms with Gasteiger partial charge in [0, 0.05) is 24.6 Å². The number of imidazole rings is 1. The lowest BCUT2D eigenvalue weighted by molar-refractivity contribution is 0.159. The quantitative estimate of drug-likeness (QED) is 0.760. The fourth-order valence-corrected chi connectivity index (χ4v) is 3.56. The lowest BCUT2D eigenvalue weighted by Crippen LogP contribution is -2.43. The molecule has 0 spiro atoms. The van der Waals surface area contributed by atoms with Crippen LogP contribution in [0.1, 0.15) is 23.1 Å². The number of nitrogens with one attached hydrogen (secondary N) is 1. The van der Waals surface area contributed by atoms with Gasteiger partial charge in [0.2, 0.25) is 0 Å². The average Bonchev–Trinajstić information content (AvgIpc) is 3.29. The van der Waals surface area contributed by atoms with Gasteiger partial charge in [-0.25, -0.2) is 4.98 Å². The van der Waals surface area contributed by atoms with Gasteiger partial charge in [-0.15, -0.1) is 0 Å². The van der Waals surface area contributed by atoms with Crippen LogP contribution in [0.15, 0.2) is 67.3 Å². The highest BCUT2D eigenvalue weighted by Crippen LogP contribution is 2.36. The highest BCUT2D eigenvalue weighted by molar-refractivity contribution is 5.39. The normalized spacial score (nSPS) is 19.4. The van der Waals surface area contributed by atoms with Crippen LogP contribution in [-0.2, 0) is 18.5 Å². The minimum Gasteiger partial charge on any atom is -0.394 e. The second kappa shape index (κ2) is 6.23. The van der Waals surface area contributed by atoms with Crippen molar-refractivity contribution < 1.29 is 5.11 Å². The molecule has 1 aromatic heterocycles. The third kappa shape index (κ3) is 2.64. The molecule has 3 aromatic rings. The number of aryl methyl sites for hydroxylation is 1. The summed E-state index contributed by atoms with van der Waals surface area (Å²) in [6.07, 6.45) is 7.46. The summed E-state index contributed by atoms with van der Waals surface area (Å²) in [5, 5.41) is 13.6. The Bertz CT molecular complexity index is 811. The van der Waals surface area contributed by atoms with E-state index in [0.717, 1.165) is 25.1 Å². The molecule has 122 valence electrons. The molecule has 1 heterocycles. The van der Waals surface area contributed by atoms with E-state index in [-0.39, 0.29) is 12.1 Å². The van der Waals surface area contributed by atoms with Crippen molar-refractivity contribution in [2.45, 2.75) is 24.9 Å². The molecule has 2 aromatic carbocycles. The average molecular weight is 319 g/mol. The van der Waals surface area contributed by atoms with Crippen molar-refractivity contribution in [1.82, 2.24) is 14.9 Å². The molecule has 0 radical (unpaired) electrons. The fourth-order valence-electron chi connectivity index (χ4n) is 3.56. The molecule has 0 saturated carbocycles. The molecule has 24 heavy (non-hydrogen) atoms. The van der Waals surface area contributed by atoms with Gasteiger partial charge >= 0.3 is 0 Å². The molecule has 0 aliphatic heterocycles. The Kier molecular flexibility index (Phi) is 3.92. The van der Waals surface area contributed by atoms with Crippen LogP contribution in [-0.4, -0.2) is 21.3 Å². The molecule has 0 unspecified atom stereocenters. The van der Waals surface area contributed by atoms with E-state index in [1.54, 1.807) is 12.5 Å². The molecule has 0 saturated heterocycles. The predicted octanol–water partition coefficient (Wildman–Crippen LogP) is 2.80. The highest BCUT2D eigenvalue weighted by Gasteiger charge is 2.37. The van der Waals surface area contributed by atoms with Gasteiger partial charge in [0.1, 0.15) is 0 Å². The van der Waals surface area contributed by atoms with E-state index in [2.05, 4.69) is 58.8 Å². The van der Waals surface area contributed by atoms with Crippen molar-refractivity contribution in [3.63, 3.8) is 0 Å². The van der Waals surface area contributed by atoms with Crippen molar-refractivity contribution in [2.24, 2.45) is 0 Å². The van der Waals surface area contributed by atoms with Gasteiger partial charge in [-0.05, 0) is 41.7 Å². The number of hydrogen-bond acceptors (Lipinski definition) is 3. The van der Waals surface area contributed by atoms with Crippen LogP contribution in [0.5, 0.6) is 0 Å². The van der Waals surface area contributed by atoms with Gasteiger partial charge in [-0.1, -0.05) is 36.4 Å². The summed E-state index contributed by atoms with van der Waals surface area (Å²) in [6, 6.07) is 16.8. The standard InChI is InChI=1S/C20H21N3O/c24-14-20(10-9-17-3-1-2-4-19(17)20)22-13-16-5-7-18(8-6-16)23-12-11-21-15-23/h1-8,11-12,15,22,24H,9-10,13-14H2/t20-/m1/s1. The van der Waals surface area contributed by atoms with E-state index < -0.39 is 0 Å². The summed E-state index contributed by atoms with van der Waals surface area (Å²) in [7, 11) is 0. The third-order valence-corrected chi connectivity index (χ3v) is 4.99. The number of fused-ring (bicyclic) bond motifs is 1. The first-order valence-corrected chi connectivity index (χ1v) is 8.32. The summed E-state index contributed by atoms with van der Waals surface area (Å²) < 4.78 is 1.99. The molecule has 4 heteroatoms. The number of aliphatic hydroxyl groups is 1. The van der Waals surface area contributed by atoms with Crippen molar-refractivity contribution in [2.75, 3.05) is 6.61 Å². The highest BCUT2D eigenvalue weighted by atomic mass is 16.3. The summed E-state index contributed by atoms with van der Waals surface area (Å²) in [6.45, 7) is 0.857. The number of hydrogen-bond donors (Lipinski definition) is 2. The second-order valence-corrected chi connectivity index (χ2v) is 6.39. The largest absolute Gasteiger partial charge is 0.394 e. The molecular formula is C20H21N3O. The number of benzene rings is 2. The van der Waals surface area contributed by atoms with Crippen LogP contribution >= 0.6 is 0 Å². The van der Waals surface area contributed by atoms with Crippen LogP contribution < -0.4 is 5.32 Å². The van der Waals surface area contributed by atoms with Crippen LogP contribution in [0.3, 0.4) is 0 Å². The SMILES string of the molecule is OC[C@]1(NCc2ccc(-n3ccnc3)cc2)CCc2ccccc21. The lowest BCUT2D eigenvalue weighted by atomic mass is 9.92. The van der Waals surface area contributed by atoms with Crippen LogP contribution in [0.4, 0.5) is 0 Å². The summed E-state index contributed by atoms with van der Waals surface area (Å²) in [4.78, 5) is 4.07. The Morgan fingerprint density at radius 2 is 1.96 bits per heavy atom. The van der Waals surface area contributed by atoms with Gasteiger partial charge in [0.25, 0.3) is 0 Å². The molecule has 1 aliphatic carbocycles. The molecule has 4 rings (SSSR count). The van der Waals surface area contributed by atoms with Gasteiger partial charge in [0.15, 0.2) is 0 Å². The molecule has 0 fully saturated rings. The van der Waals surface area contributed by atoms with Crippen molar-refractivity contribution >= 4 is 0 Å². The van der Waals surface area contributed by atoms with Crippen LogP contribution in [0.2, 0.25) is 0 Å². The maximum Gasteiger partial charge on any atom is 0.0991 e.